The number of rotatable bonds is 6. The van der Waals surface area contributed by atoms with E-state index in [2.05, 4.69) is 20.6 Å². The lowest BCUT2D eigenvalue weighted by Crippen LogP contribution is -2.14. The van der Waals surface area contributed by atoms with Gasteiger partial charge in [0.2, 0.25) is 0 Å². The molecule has 162 valence electrons. The fourth-order valence-corrected chi connectivity index (χ4v) is 4.41. The predicted molar refractivity (Wildman–Crippen MR) is 125 cm³/mol. The average Bonchev–Trinajstić information content (AvgIpc) is 3.40. The van der Waals surface area contributed by atoms with E-state index in [0.29, 0.717) is 16.5 Å². The second kappa shape index (κ2) is 8.44. The number of anilines is 1. The zero-order chi connectivity index (χ0) is 22.2. The SMILES string of the molecule is Cc1ccc(-n2ncc(C(=O)Nc3ccc(Sc4nncn4C)cc3)c2C2CC2)cc1Cl. The summed E-state index contributed by atoms with van der Waals surface area (Å²) in [6.45, 7) is 1.97. The van der Waals surface area contributed by atoms with Gasteiger partial charge in [0, 0.05) is 28.6 Å². The molecule has 4 aromatic rings. The van der Waals surface area contributed by atoms with Gasteiger partial charge in [0.1, 0.15) is 6.33 Å². The summed E-state index contributed by atoms with van der Waals surface area (Å²) in [6.07, 6.45) is 5.42. The molecule has 1 aliphatic rings. The highest BCUT2D eigenvalue weighted by atomic mass is 35.5. The molecular weight excluding hydrogens is 444 g/mol. The Hall–Kier alpha value is -3.10. The van der Waals surface area contributed by atoms with Gasteiger partial charge in [-0.15, -0.1) is 10.2 Å². The van der Waals surface area contributed by atoms with Crippen LogP contribution in [0.4, 0.5) is 5.69 Å². The van der Waals surface area contributed by atoms with Crippen LogP contribution in [0.15, 0.2) is 65.0 Å². The third-order valence-corrected chi connectivity index (χ3v) is 6.87. The number of amides is 1. The number of carbonyl (C=O) groups is 1. The van der Waals surface area contributed by atoms with E-state index in [9.17, 15) is 4.79 Å². The molecule has 7 nitrogen and oxygen atoms in total. The number of aryl methyl sites for hydroxylation is 2. The summed E-state index contributed by atoms with van der Waals surface area (Å²) >= 11 is 7.84. The van der Waals surface area contributed by atoms with E-state index < -0.39 is 0 Å². The van der Waals surface area contributed by atoms with Gasteiger partial charge in [-0.25, -0.2) is 4.68 Å². The van der Waals surface area contributed by atoms with Crippen molar-refractivity contribution < 1.29 is 4.79 Å². The van der Waals surface area contributed by atoms with Crippen LogP contribution in [-0.4, -0.2) is 30.5 Å². The highest BCUT2D eigenvalue weighted by Crippen LogP contribution is 2.43. The number of carbonyl (C=O) groups excluding carboxylic acids is 1. The van der Waals surface area contributed by atoms with Gasteiger partial charge >= 0.3 is 0 Å². The largest absolute Gasteiger partial charge is 0.322 e. The van der Waals surface area contributed by atoms with Gasteiger partial charge in [0.15, 0.2) is 5.16 Å². The van der Waals surface area contributed by atoms with E-state index in [-0.39, 0.29) is 5.91 Å². The first kappa shape index (κ1) is 20.8. The fourth-order valence-electron chi connectivity index (χ4n) is 3.48. The Labute approximate surface area is 194 Å². The van der Waals surface area contributed by atoms with E-state index in [1.54, 1.807) is 12.5 Å². The van der Waals surface area contributed by atoms with Gasteiger partial charge in [-0.05, 0) is 73.5 Å². The van der Waals surface area contributed by atoms with Crippen molar-refractivity contribution in [3.63, 3.8) is 0 Å². The number of nitrogens with zero attached hydrogens (tertiary/aromatic N) is 5. The molecular formula is C23H21ClN6OS. The van der Waals surface area contributed by atoms with Crippen LogP contribution in [-0.2, 0) is 7.05 Å². The molecule has 2 heterocycles. The van der Waals surface area contributed by atoms with Crippen LogP contribution < -0.4 is 5.32 Å². The molecule has 0 bridgehead atoms. The summed E-state index contributed by atoms with van der Waals surface area (Å²) in [5, 5.41) is 17.0. The van der Waals surface area contributed by atoms with Crippen molar-refractivity contribution >= 4 is 35.0 Å². The maximum absolute atomic E-state index is 13.1. The number of hydrogen-bond acceptors (Lipinski definition) is 5. The van der Waals surface area contributed by atoms with Crippen molar-refractivity contribution in [2.24, 2.45) is 7.05 Å². The Balaban J connectivity index is 1.36. The van der Waals surface area contributed by atoms with Gasteiger partial charge in [-0.2, -0.15) is 5.10 Å². The van der Waals surface area contributed by atoms with Crippen LogP contribution in [0.1, 0.15) is 40.4 Å². The third-order valence-electron chi connectivity index (χ3n) is 5.41. The van der Waals surface area contributed by atoms with Crippen LogP contribution in [0, 0.1) is 6.92 Å². The Bertz CT molecular complexity index is 1290. The number of hydrogen-bond donors (Lipinski definition) is 1. The smallest absolute Gasteiger partial charge is 0.259 e. The molecule has 0 unspecified atom stereocenters. The highest BCUT2D eigenvalue weighted by molar-refractivity contribution is 7.99. The number of benzene rings is 2. The number of halogens is 1. The van der Waals surface area contributed by atoms with Crippen molar-refractivity contribution in [2.75, 3.05) is 5.32 Å². The second-order valence-electron chi connectivity index (χ2n) is 7.87. The maximum atomic E-state index is 13.1. The minimum Gasteiger partial charge on any atom is -0.322 e. The molecule has 1 aliphatic carbocycles. The molecule has 0 spiro atoms. The summed E-state index contributed by atoms with van der Waals surface area (Å²) in [5.74, 6) is 0.175. The summed E-state index contributed by atoms with van der Waals surface area (Å²) in [5.41, 5.74) is 4.14. The molecule has 0 saturated heterocycles. The molecule has 5 rings (SSSR count). The topological polar surface area (TPSA) is 77.6 Å². The van der Waals surface area contributed by atoms with E-state index in [0.717, 1.165) is 45.5 Å². The quantitative estimate of drug-likeness (QED) is 0.422. The lowest BCUT2D eigenvalue weighted by molar-refractivity contribution is 0.102. The van der Waals surface area contributed by atoms with Crippen LogP contribution in [0.5, 0.6) is 0 Å². The minimum absolute atomic E-state index is 0.162. The summed E-state index contributed by atoms with van der Waals surface area (Å²) in [7, 11) is 1.90. The Morgan fingerprint density at radius 2 is 1.97 bits per heavy atom. The first-order valence-corrected chi connectivity index (χ1v) is 11.5. The molecule has 1 fully saturated rings. The van der Waals surface area contributed by atoms with Crippen LogP contribution >= 0.6 is 23.4 Å². The average molecular weight is 465 g/mol. The standard InChI is InChI=1S/C23H21ClN6OS/c1-14-3-8-17(11-20(14)24)30-21(15-4-5-15)19(12-26-30)22(31)27-16-6-9-18(10-7-16)32-23-28-25-13-29(23)2/h3,6-13,15H,4-5H2,1-2H3,(H,27,31). The Morgan fingerprint density at radius 3 is 2.62 bits per heavy atom. The summed E-state index contributed by atoms with van der Waals surface area (Å²) in [4.78, 5) is 14.1. The van der Waals surface area contributed by atoms with Crippen molar-refractivity contribution in [1.82, 2.24) is 24.5 Å². The van der Waals surface area contributed by atoms with Crippen LogP contribution in [0.3, 0.4) is 0 Å². The third kappa shape index (κ3) is 4.16. The monoisotopic (exact) mass is 464 g/mol. The number of aromatic nitrogens is 5. The second-order valence-corrected chi connectivity index (χ2v) is 9.32. The van der Waals surface area contributed by atoms with Crippen molar-refractivity contribution in [3.8, 4) is 5.69 Å². The molecule has 0 atom stereocenters. The first-order chi connectivity index (χ1) is 15.5. The normalized spacial score (nSPS) is 13.3. The summed E-state index contributed by atoms with van der Waals surface area (Å²) in [6, 6.07) is 13.5. The molecule has 1 N–H and O–H groups in total. The van der Waals surface area contributed by atoms with E-state index in [1.165, 1.54) is 11.8 Å². The van der Waals surface area contributed by atoms with Gasteiger partial charge < -0.3 is 9.88 Å². The summed E-state index contributed by atoms with van der Waals surface area (Å²) < 4.78 is 3.71. The zero-order valence-corrected chi connectivity index (χ0v) is 19.2. The molecule has 2 aromatic heterocycles. The van der Waals surface area contributed by atoms with E-state index in [1.807, 2.05) is 65.7 Å². The Kier molecular flexibility index (Phi) is 5.48. The van der Waals surface area contributed by atoms with E-state index in [4.69, 9.17) is 11.6 Å². The minimum atomic E-state index is -0.162. The molecule has 0 aliphatic heterocycles. The van der Waals surface area contributed by atoms with E-state index >= 15 is 0 Å². The van der Waals surface area contributed by atoms with Crippen LogP contribution in [0.25, 0.3) is 5.69 Å². The first-order valence-electron chi connectivity index (χ1n) is 10.3. The van der Waals surface area contributed by atoms with Gasteiger partial charge in [-0.1, -0.05) is 17.7 Å². The zero-order valence-electron chi connectivity index (χ0n) is 17.6. The van der Waals surface area contributed by atoms with Crippen molar-refractivity contribution in [3.05, 3.63) is 76.8 Å². The van der Waals surface area contributed by atoms with Gasteiger partial charge in [0.05, 0.1) is 23.1 Å². The number of nitrogens with one attached hydrogen (secondary N) is 1. The van der Waals surface area contributed by atoms with Crippen LogP contribution in [0.2, 0.25) is 5.02 Å². The fraction of sp³-hybridized carbons (Fsp3) is 0.217. The molecule has 1 amide bonds. The Morgan fingerprint density at radius 1 is 1.19 bits per heavy atom. The predicted octanol–water partition coefficient (Wildman–Crippen LogP) is 5.24. The molecule has 0 radical (unpaired) electrons. The molecule has 2 aromatic carbocycles. The molecule has 32 heavy (non-hydrogen) atoms. The lowest BCUT2D eigenvalue weighted by Gasteiger charge is -2.11. The lowest BCUT2D eigenvalue weighted by atomic mass is 10.1. The van der Waals surface area contributed by atoms with Crippen molar-refractivity contribution in [2.45, 2.75) is 35.7 Å². The van der Waals surface area contributed by atoms with Gasteiger partial charge in [0.25, 0.3) is 5.91 Å². The van der Waals surface area contributed by atoms with Gasteiger partial charge in [-0.3, -0.25) is 4.79 Å². The van der Waals surface area contributed by atoms with Crippen molar-refractivity contribution in [1.29, 1.82) is 0 Å². The molecule has 9 heteroatoms. The highest BCUT2D eigenvalue weighted by Gasteiger charge is 2.33. The molecule has 1 saturated carbocycles. The maximum Gasteiger partial charge on any atom is 0.259 e.